The quantitative estimate of drug-likeness (QED) is 0.290. The van der Waals surface area contributed by atoms with E-state index in [-0.39, 0.29) is 25.3 Å². The zero-order valence-electron chi connectivity index (χ0n) is 17.5. The number of rotatable bonds is 10. The van der Waals surface area contributed by atoms with E-state index in [1.165, 1.54) is 27.6 Å². The molecular weight excluding hydrogens is 501 g/mol. The van der Waals surface area contributed by atoms with Crippen LogP contribution in [0.2, 0.25) is 0 Å². The van der Waals surface area contributed by atoms with Gasteiger partial charge in [0.25, 0.3) is 0 Å². The van der Waals surface area contributed by atoms with E-state index in [0.717, 1.165) is 4.68 Å². The molecule has 0 spiro atoms. The van der Waals surface area contributed by atoms with Crippen LogP contribution in [-0.2, 0) is 38.3 Å². The number of methoxy groups -OCH3 is 3. The van der Waals surface area contributed by atoms with E-state index >= 15 is 0 Å². The maximum Gasteiger partial charge on any atom is 0.424 e. The number of ether oxygens (including phenoxy) is 4. The Kier molecular flexibility index (Phi) is 9.10. The highest BCUT2D eigenvalue weighted by atomic mass is 79.9. The first-order chi connectivity index (χ1) is 15.1. The number of hydrogen-bond donors (Lipinski definition) is 1. The molecule has 0 radical (unpaired) electrons. The average molecular weight is 523 g/mol. The van der Waals surface area contributed by atoms with Crippen molar-refractivity contribution in [2.24, 2.45) is 0 Å². The molecule has 1 aromatic carbocycles. The Morgan fingerprint density at radius 3 is 2.56 bits per heavy atom. The van der Waals surface area contributed by atoms with Crippen molar-refractivity contribution in [3.05, 3.63) is 51.8 Å². The van der Waals surface area contributed by atoms with Crippen molar-refractivity contribution in [3.63, 3.8) is 0 Å². The minimum atomic E-state index is -4.77. The lowest BCUT2D eigenvalue weighted by Gasteiger charge is -2.13. The smallest absolute Gasteiger partial charge is 0.424 e. The number of esters is 1. The Labute approximate surface area is 190 Å². The summed E-state index contributed by atoms with van der Waals surface area (Å²) in [4.78, 5) is 12.1. The number of carbonyl (C=O) groups is 1. The van der Waals surface area contributed by atoms with Gasteiger partial charge >= 0.3 is 12.1 Å². The van der Waals surface area contributed by atoms with Gasteiger partial charge in [0.15, 0.2) is 5.56 Å². The molecular formula is C20H22BrF3N2O6. The van der Waals surface area contributed by atoms with Crippen LogP contribution in [0.5, 0.6) is 5.88 Å². The SMILES string of the molecule is CO/C=C(/C(=O)OC)c1ccccc1COc1nn(CC(O)COC)c(Br)c1C(F)(F)F. The fraction of sp³-hybridized carbons (Fsp3) is 0.400. The van der Waals surface area contributed by atoms with Crippen molar-refractivity contribution in [2.45, 2.75) is 25.4 Å². The number of hydrogen-bond acceptors (Lipinski definition) is 7. The minimum absolute atomic E-state index is 0.0691. The summed E-state index contributed by atoms with van der Waals surface area (Å²) >= 11 is 2.89. The molecule has 1 heterocycles. The van der Waals surface area contributed by atoms with Gasteiger partial charge in [0.1, 0.15) is 16.8 Å². The van der Waals surface area contributed by atoms with Gasteiger partial charge in [0, 0.05) is 7.11 Å². The van der Waals surface area contributed by atoms with Crippen molar-refractivity contribution in [1.82, 2.24) is 9.78 Å². The molecule has 32 heavy (non-hydrogen) atoms. The molecule has 2 aromatic rings. The molecule has 2 rings (SSSR count). The molecule has 1 N–H and O–H groups in total. The second-order valence-electron chi connectivity index (χ2n) is 6.46. The fourth-order valence-corrected chi connectivity index (χ4v) is 3.45. The van der Waals surface area contributed by atoms with Gasteiger partial charge in [-0.15, -0.1) is 5.10 Å². The monoisotopic (exact) mass is 522 g/mol. The van der Waals surface area contributed by atoms with Gasteiger partial charge in [-0.25, -0.2) is 4.79 Å². The lowest BCUT2D eigenvalue weighted by molar-refractivity contribution is -0.139. The molecule has 0 aliphatic heterocycles. The first-order valence-electron chi connectivity index (χ1n) is 9.16. The molecule has 0 aliphatic carbocycles. The Bertz CT molecular complexity index is 961. The third-order valence-corrected chi connectivity index (χ3v) is 5.00. The van der Waals surface area contributed by atoms with Gasteiger partial charge in [-0.2, -0.15) is 13.2 Å². The van der Waals surface area contributed by atoms with Crippen molar-refractivity contribution < 1.29 is 42.0 Å². The van der Waals surface area contributed by atoms with E-state index in [9.17, 15) is 23.1 Å². The molecule has 0 saturated heterocycles. The van der Waals surface area contributed by atoms with Gasteiger partial charge < -0.3 is 24.1 Å². The molecule has 0 saturated carbocycles. The minimum Gasteiger partial charge on any atom is -0.503 e. The normalized spacial score (nSPS) is 13.1. The predicted octanol–water partition coefficient (Wildman–Crippen LogP) is 3.41. The van der Waals surface area contributed by atoms with Crippen molar-refractivity contribution in [3.8, 4) is 5.88 Å². The summed E-state index contributed by atoms with van der Waals surface area (Å²) in [7, 11) is 3.90. The number of nitrogens with zero attached hydrogens (tertiary/aromatic N) is 2. The molecule has 12 heteroatoms. The molecule has 1 atom stereocenters. The summed E-state index contributed by atoms with van der Waals surface area (Å²) in [5.74, 6) is -1.37. The van der Waals surface area contributed by atoms with E-state index in [4.69, 9.17) is 18.9 Å². The number of aliphatic hydroxyl groups is 1. The van der Waals surface area contributed by atoms with Crippen LogP contribution in [0.4, 0.5) is 13.2 Å². The summed E-state index contributed by atoms with van der Waals surface area (Å²) in [5.41, 5.74) is -0.289. The fourth-order valence-electron chi connectivity index (χ4n) is 2.83. The highest BCUT2D eigenvalue weighted by Gasteiger charge is 2.41. The maximum atomic E-state index is 13.7. The molecule has 0 aliphatic rings. The van der Waals surface area contributed by atoms with Gasteiger partial charge in [-0.05, 0) is 27.1 Å². The van der Waals surface area contributed by atoms with Gasteiger partial charge in [-0.3, -0.25) is 4.68 Å². The molecule has 1 aromatic heterocycles. The lowest BCUT2D eigenvalue weighted by Crippen LogP contribution is -2.22. The van der Waals surface area contributed by atoms with E-state index in [2.05, 4.69) is 21.0 Å². The standard InChI is InChI=1S/C20H22BrF3N2O6/c1-29-10-13(27)8-26-17(21)16(20(22,23)24)18(25-26)32-9-12-6-4-5-7-14(12)15(11-30-2)19(28)31-3/h4-7,11,13,27H,8-10H2,1-3H3/b15-11+. The van der Waals surface area contributed by atoms with Gasteiger partial charge in [-0.1, -0.05) is 24.3 Å². The second-order valence-corrected chi connectivity index (χ2v) is 7.22. The Balaban J connectivity index is 2.39. The highest BCUT2D eigenvalue weighted by Crippen LogP contribution is 2.41. The first-order valence-corrected chi connectivity index (χ1v) is 9.96. The van der Waals surface area contributed by atoms with E-state index in [0.29, 0.717) is 11.1 Å². The van der Waals surface area contributed by atoms with Crippen LogP contribution in [0, 0.1) is 0 Å². The van der Waals surface area contributed by atoms with Gasteiger partial charge in [0.05, 0.1) is 39.7 Å². The number of benzene rings is 1. The van der Waals surface area contributed by atoms with Crippen molar-refractivity contribution >= 4 is 27.5 Å². The van der Waals surface area contributed by atoms with Crippen LogP contribution < -0.4 is 4.74 Å². The van der Waals surface area contributed by atoms with Crippen LogP contribution in [0.3, 0.4) is 0 Å². The van der Waals surface area contributed by atoms with E-state index in [1.807, 2.05) is 0 Å². The topological polar surface area (TPSA) is 92.0 Å². The largest absolute Gasteiger partial charge is 0.503 e. The number of alkyl halides is 3. The molecule has 8 nitrogen and oxygen atoms in total. The molecule has 0 fully saturated rings. The Morgan fingerprint density at radius 1 is 1.28 bits per heavy atom. The molecule has 0 bridgehead atoms. The van der Waals surface area contributed by atoms with Crippen LogP contribution in [0.15, 0.2) is 35.1 Å². The predicted molar refractivity (Wildman–Crippen MR) is 111 cm³/mol. The van der Waals surface area contributed by atoms with E-state index in [1.54, 1.807) is 24.3 Å². The number of aliphatic hydroxyl groups excluding tert-OH is 1. The summed E-state index contributed by atoms with van der Waals surface area (Å²) in [6.45, 7) is -0.665. The molecule has 1 unspecified atom stereocenters. The maximum absolute atomic E-state index is 13.7. The third kappa shape index (κ3) is 6.24. The molecule has 0 amide bonds. The van der Waals surface area contributed by atoms with E-state index < -0.39 is 34.3 Å². The summed E-state index contributed by atoms with van der Waals surface area (Å²) in [6, 6.07) is 6.46. The molecule has 176 valence electrons. The summed E-state index contributed by atoms with van der Waals surface area (Å²) in [6.07, 6.45) is -4.67. The summed E-state index contributed by atoms with van der Waals surface area (Å²) in [5, 5.41) is 13.7. The zero-order valence-corrected chi connectivity index (χ0v) is 19.1. The first kappa shape index (κ1) is 25.7. The number of carbonyl (C=O) groups excluding carboxylic acids is 1. The Morgan fingerprint density at radius 2 is 1.97 bits per heavy atom. The second kappa shape index (κ2) is 11.3. The van der Waals surface area contributed by atoms with Crippen LogP contribution >= 0.6 is 15.9 Å². The lowest BCUT2D eigenvalue weighted by atomic mass is 10.0. The summed E-state index contributed by atoms with van der Waals surface area (Å²) < 4.78 is 61.4. The van der Waals surface area contributed by atoms with Crippen molar-refractivity contribution in [2.75, 3.05) is 27.9 Å². The average Bonchev–Trinajstić information content (AvgIpc) is 3.05. The third-order valence-electron chi connectivity index (χ3n) is 4.20. The Hall–Kier alpha value is -2.57. The number of halogens is 4. The van der Waals surface area contributed by atoms with Crippen LogP contribution in [-0.4, -0.2) is 54.9 Å². The van der Waals surface area contributed by atoms with Crippen molar-refractivity contribution in [1.29, 1.82) is 0 Å². The number of aromatic nitrogens is 2. The van der Waals surface area contributed by atoms with Crippen LogP contribution in [0.1, 0.15) is 16.7 Å². The van der Waals surface area contributed by atoms with Gasteiger partial charge in [0.2, 0.25) is 5.88 Å². The van der Waals surface area contributed by atoms with Crippen LogP contribution in [0.25, 0.3) is 5.57 Å². The zero-order chi connectivity index (χ0) is 23.9. The highest BCUT2D eigenvalue weighted by molar-refractivity contribution is 9.10.